The zero-order valence-corrected chi connectivity index (χ0v) is 11.4. The van der Waals surface area contributed by atoms with Crippen molar-refractivity contribution in [1.82, 2.24) is 10.9 Å². The summed E-state index contributed by atoms with van der Waals surface area (Å²) < 4.78 is 0. The molecule has 0 aromatic carbocycles. The molecule has 3 N–H and O–H groups in total. The number of hydrazine groups is 1. The molecule has 0 bridgehead atoms. The Balaban J connectivity index is 1.92. The highest BCUT2D eigenvalue weighted by atomic mass is 32.1. The van der Waals surface area contributed by atoms with Crippen LogP contribution in [0.2, 0.25) is 0 Å². The number of allylic oxidation sites excluding steroid dienone is 2. The molecule has 0 saturated heterocycles. The van der Waals surface area contributed by atoms with Crippen molar-refractivity contribution in [3.05, 3.63) is 34.5 Å². The fourth-order valence-electron chi connectivity index (χ4n) is 2.06. The third kappa shape index (κ3) is 3.24. The highest BCUT2D eigenvalue weighted by Crippen LogP contribution is 2.25. The summed E-state index contributed by atoms with van der Waals surface area (Å²) in [5.74, 6) is -3.31. The number of carboxylic acid groups (broad SMARTS) is 1. The van der Waals surface area contributed by atoms with E-state index in [1.165, 1.54) is 11.3 Å². The van der Waals surface area contributed by atoms with E-state index in [1.54, 1.807) is 29.7 Å². The first-order valence-electron chi connectivity index (χ1n) is 6.11. The molecule has 1 aromatic heterocycles. The second-order valence-electron chi connectivity index (χ2n) is 4.41. The van der Waals surface area contributed by atoms with Crippen LogP contribution in [-0.2, 0) is 9.59 Å². The molecule has 1 aliphatic carbocycles. The first kappa shape index (κ1) is 14.3. The van der Waals surface area contributed by atoms with Gasteiger partial charge in [0.2, 0.25) is 5.91 Å². The maximum atomic E-state index is 12.0. The van der Waals surface area contributed by atoms with Crippen LogP contribution in [0, 0.1) is 11.8 Å². The molecule has 0 unspecified atom stereocenters. The summed E-state index contributed by atoms with van der Waals surface area (Å²) in [6.45, 7) is 0. The molecule has 7 heteroatoms. The average Bonchev–Trinajstić information content (AvgIpc) is 2.98. The number of thiophene rings is 1. The van der Waals surface area contributed by atoms with E-state index in [0.29, 0.717) is 17.7 Å². The van der Waals surface area contributed by atoms with Crippen LogP contribution in [0.1, 0.15) is 22.5 Å². The van der Waals surface area contributed by atoms with Gasteiger partial charge in [-0.3, -0.25) is 25.2 Å². The molecule has 6 nitrogen and oxygen atoms in total. The SMILES string of the molecule is O=C(NNC(=O)[C@@H]1CC=CC[C@@H]1C(=O)O)c1cccs1. The van der Waals surface area contributed by atoms with Gasteiger partial charge in [-0.25, -0.2) is 0 Å². The van der Waals surface area contributed by atoms with Crippen molar-refractivity contribution in [3.8, 4) is 0 Å². The lowest BCUT2D eigenvalue weighted by Gasteiger charge is -2.24. The summed E-state index contributed by atoms with van der Waals surface area (Å²) in [4.78, 5) is 35.2. The molecule has 2 atom stereocenters. The van der Waals surface area contributed by atoms with Gasteiger partial charge in [0.1, 0.15) is 0 Å². The van der Waals surface area contributed by atoms with Gasteiger partial charge in [-0.15, -0.1) is 11.3 Å². The molecule has 1 aromatic rings. The molecule has 20 heavy (non-hydrogen) atoms. The Labute approximate surface area is 119 Å². The van der Waals surface area contributed by atoms with Crippen LogP contribution in [0.4, 0.5) is 0 Å². The van der Waals surface area contributed by atoms with E-state index < -0.39 is 29.6 Å². The Hall–Kier alpha value is -2.15. The third-order valence-corrected chi connectivity index (χ3v) is 4.00. The van der Waals surface area contributed by atoms with Crippen molar-refractivity contribution in [1.29, 1.82) is 0 Å². The number of carbonyl (C=O) groups excluding carboxylic acids is 2. The maximum Gasteiger partial charge on any atom is 0.307 e. The van der Waals surface area contributed by atoms with Crippen LogP contribution in [-0.4, -0.2) is 22.9 Å². The number of hydrogen-bond acceptors (Lipinski definition) is 4. The number of hydrogen-bond donors (Lipinski definition) is 3. The number of rotatable bonds is 3. The third-order valence-electron chi connectivity index (χ3n) is 3.13. The highest BCUT2D eigenvalue weighted by molar-refractivity contribution is 7.12. The predicted octanol–water partition coefficient (Wildman–Crippen LogP) is 1.18. The van der Waals surface area contributed by atoms with E-state index >= 15 is 0 Å². The van der Waals surface area contributed by atoms with Crippen LogP contribution < -0.4 is 10.9 Å². The van der Waals surface area contributed by atoms with Gasteiger partial charge >= 0.3 is 5.97 Å². The van der Waals surface area contributed by atoms with E-state index in [2.05, 4.69) is 10.9 Å². The lowest BCUT2D eigenvalue weighted by atomic mass is 9.82. The van der Waals surface area contributed by atoms with Crippen molar-refractivity contribution in [2.75, 3.05) is 0 Å². The Morgan fingerprint density at radius 3 is 2.45 bits per heavy atom. The van der Waals surface area contributed by atoms with Crippen molar-refractivity contribution in [2.24, 2.45) is 11.8 Å². The smallest absolute Gasteiger partial charge is 0.307 e. The molecule has 106 valence electrons. The summed E-state index contributed by atoms with van der Waals surface area (Å²) >= 11 is 1.26. The Morgan fingerprint density at radius 2 is 1.85 bits per heavy atom. The number of carbonyl (C=O) groups is 3. The van der Waals surface area contributed by atoms with Crippen LogP contribution >= 0.6 is 11.3 Å². The van der Waals surface area contributed by atoms with Crippen molar-refractivity contribution < 1.29 is 19.5 Å². The van der Waals surface area contributed by atoms with Crippen LogP contribution in [0.5, 0.6) is 0 Å². The van der Waals surface area contributed by atoms with Gasteiger partial charge in [-0.05, 0) is 24.3 Å². The predicted molar refractivity (Wildman–Crippen MR) is 72.9 cm³/mol. The van der Waals surface area contributed by atoms with Crippen molar-refractivity contribution in [3.63, 3.8) is 0 Å². The summed E-state index contributed by atoms with van der Waals surface area (Å²) in [5, 5.41) is 10.8. The van der Waals surface area contributed by atoms with Gasteiger partial charge in [0.05, 0.1) is 16.7 Å². The first-order valence-corrected chi connectivity index (χ1v) is 6.99. The van der Waals surface area contributed by atoms with Crippen molar-refractivity contribution >= 4 is 29.1 Å². The minimum atomic E-state index is -1.00. The Kier molecular flexibility index (Phi) is 4.52. The van der Waals surface area contributed by atoms with Gasteiger partial charge in [-0.1, -0.05) is 18.2 Å². The van der Waals surface area contributed by atoms with Crippen LogP contribution in [0.25, 0.3) is 0 Å². The molecular formula is C13H14N2O4S. The summed E-state index contributed by atoms with van der Waals surface area (Å²) in [7, 11) is 0. The van der Waals surface area contributed by atoms with Gasteiger partial charge in [0.25, 0.3) is 5.91 Å². The maximum absolute atomic E-state index is 12.0. The van der Waals surface area contributed by atoms with Crippen LogP contribution in [0.3, 0.4) is 0 Å². The minimum Gasteiger partial charge on any atom is -0.481 e. The molecular weight excluding hydrogens is 280 g/mol. The molecule has 1 aliphatic rings. The monoisotopic (exact) mass is 294 g/mol. The second kappa shape index (κ2) is 6.33. The Morgan fingerprint density at radius 1 is 1.15 bits per heavy atom. The Bertz CT molecular complexity index is 539. The molecule has 0 radical (unpaired) electrons. The number of nitrogens with one attached hydrogen (secondary N) is 2. The molecule has 2 amide bonds. The summed E-state index contributed by atoms with van der Waals surface area (Å²) in [6, 6.07) is 3.36. The minimum absolute atomic E-state index is 0.326. The average molecular weight is 294 g/mol. The number of carboxylic acids is 1. The van der Waals surface area contributed by atoms with E-state index in [4.69, 9.17) is 5.11 Å². The standard InChI is InChI=1S/C13H14N2O4S/c16-11(8-4-1-2-5-9(8)13(18)19)14-15-12(17)10-6-3-7-20-10/h1-3,6-9H,4-5H2,(H,14,16)(H,15,17)(H,18,19)/t8-,9+/m1/s1. The fourth-order valence-corrected chi connectivity index (χ4v) is 2.68. The summed E-state index contributed by atoms with van der Waals surface area (Å²) in [6.07, 6.45) is 4.22. The summed E-state index contributed by atoms with van der Waals surface area (Å²) in [5.41, 5.74) is 4.59. The lowest BCUT2D eigenvalue weighted by Crippen LogP contribution is -2.47. The van der Waals surface area contributed by atoms with E-state index in [-0.39, 0.29) is 0 Å². The zero-order chi connectivity index (χ0) is 14.5. The van der Waals surface area contributed by atoms with E-state index in [0.717, 1.165) is 0 Å². The van der Waals surface area contributed by atoms with Gasteiger partial charge in [0.15, 0.2) is 0 Å². The first-order chi connectivity index (χ1) is 9.59. The molecule has 0 aliphatic heterocycles. The molecule has 0 spiro atoms. The molecule has 0 saturated carbocycles. The highest BCUT2D eigenvalue weighted by Gasteiger charge is 2.34. The topological polar surface area (TPSA) is 95.5 Å². The largest absolute Gasteiger partial charge is 0.481 e. The van der Waals surface area contributed by atoms with E-state index in [9.17, 15) is 14.4 Å². The quantitative estimate of drug-likeness (QED) is 0.576. The van der Waals surface area contributed by atoms with Gasteiger partial charge < -0.3 is 5.11 Å². The van der Waals surface area contributed by atoms with Gasteiger partial charge in [0, 0.05) is 0 Å². The normalized spacial score (nSPS) is 21.2. The second-order valence-corrected chi connectivity index (χ2v) is 5.36. The molecule has 2 rings (SSSR count). The van der Waals surface area contributed by atoms with Crippen molar-refractivity contribution in [2.45, 2.75) is 12.8 Å². The number of amides is 2. The molecule has 0 fully saturated rings. The van der Waals surface area contributed by atoms with Gasteiger partial charge in [-0.2, -0.15) is 0 Å². The number of aliphatic carboxylic acids is 1. The lowest BCUT2D eigenvalue weighted by molar-refractivity contribution is -0.147. The van der Waals surface area contributed by atoms with Crippen LogP contribution in [0.15, 0.2) is 29.7 Å². The molecule has 1 heterocycles. The zero-order valence-electron chi connectivity index (χ0n) is 10.5. The van der Waals surface area contributed by atoms with E-state index in [1.807, 2.05) is 0 Å². The fraction of sp³-hybridized carbons (Fsp3) is 0.308.